The molecule has 1 unspecified atom stereocenters. The molecule has 0 aliphatic heterocycles. The van der Waals surface area contributed by atoms with Gasteiger partial charge in [-0.25, -0.2) is 4.79 Å². The number of allylic oxidation sites excluding steroid dienone is 3. The zero-order valence-corrected chi connectivity index (χ0v) is 25.0. The molecule has 1 amide bonds. The highest BCUT2D eigenvalue weighted by Crippen LogP contribution is 2.45. The number of carboxylic acids is 1. The van der Waals surface area contributed by atoms with E-state index >= 15 is 0 Å². The highest BCUT2D eigenvalue weighted by atomic mass is 16.5. The molecule has 0 fully saturated rings. The predicted molar refractivity (Wildman–Crippen MR) is 154 cm³/mol. The van der Waals surface area contributed by atoms with E-state index < -0.39 is 35.5 Å². The minimum Gasteiger partial charge on any atom is -0.480 e. The molecule has 40 heavy (non-hydrogen) atoms. The number of hydrogen-bond donors (Lipinski definition) is 5. The summed E-state index contributed by atoms with van der Waals surface area (Å²) in [7, 11) is 0. The smallest absolute Gasteiger partial charge is 0.326 e. The van der Waals surface area contributed by atoms with Crippen LogP contribution >= 0.6 is 0 Å². The zero-order valence-electron chi connectivity index (χ0n) is 25.0. The number of carboxylic acid groups (broad SMARTS) is 1. The Hall–Kier alpha value is -2.23. The summed E-state index contributed by atoms with van der Waals surface area (Å²) in [6, 6.07) is -1.03. The Morgan fingerprint density at radius 2 is 1.85 bits per heavy atom. The van der Waals surface area contributed by atoms with Crippen LogP contribution in [0.25, 0.3) is 0 Å². The van der Waals surface area contributed by atoms with Gasteiger partial charge >= 0.3 is 11.9 Å². The van der Waals surface area contributed by atoms with Crippen LogP contribution < -0.4 is 11.1 Å². The van der Waals surface area contributed by atoms with E-state index in [2.05, 4.69) is 37.4 Å². The van der Waals surface area contributed by atoms with Gasteiger partial charge in [-0.1, -0.05) is 39.0 Å². The van der Waals surface area contributed by atoms with Gasteiger partial charge in [0.15, 0.2) is 0 Å². The minimum absolute atomic E-state index is 0.0166. The molecule has 9 nitrogen and oxygen atoms in total. The molecule has 2 aliphatic carbocycles. The van der Waals surface area contributed by atoms with Crippen molar-refractivity contribution in [1.82, 2.24) is 5.32 Å². The third kappa shape index (κ3) is 10.00. The number of aliphatic hydroxyl groups is 2. The number of aliphatic hydroxyl groups excluding tert-OH is 2. The lowest BCUT2D eigenvalue weighted by Gasteiger charge is -2.44. The quantitative estimate of drug-likeness (QED) is 0.140. The Morgan fingerprint density at radius 1 is 1.15 bits per heavy atom. The van der Waals surface area contributed by atoms with E-state index in [1.807, 2.05) is 20.8 Å². The average Bonchev–Trinajstić information content (AvgIpc) is 2.87. The van der Waals surface area contributed by atoms with Gasteiger partial charge in [0.05, 0.1) is 24.0 Å². The monoisotopic (exact) mass is 564 g/mol. The second-order valence-electron chi connectivity index (χ2n) is 12.5. The minimum atomic E-state index is -1.12. The van der Waals surface area contributed by atoms with Crippen molar-refractivity contribution in [3.8, 4) is 0 Å². The van der Waals surface area contributed by atoms with Crippen LogP contribution in [0, 0.1) is 29.1 Å². The molecule has 2 rings (SSSR count). The molecule has 0 aromatic rings. The normalized spacial score (nSPS) is 26.7. The van der Waals surface area contributed by atoms with Gasteiger partial charge in [0.25, 0.3) is 0 Å². The number of hydrogen-bond acceptors (Lipinski definition) is 7. The molecule has 0 saturated carbocycles. The van der Waals surface area contributed by atoms with E-state index in [9.17, 15) is 29.7 Å². The second kappa shape index (κ2) is 15.7. The lowest BCUT2D eigenvalue weighted by Crippen LogP contribution is -2.43. The summed E-state index contributed by atoms with van der Waals surface area (Å²) < 4.78 is 6.15. The number of fused-ring (bicyclic) bond motifs is 1. The van der Waals surface area contributed by atoms with Crippen molar-refractivity contribution < 1.29 is 34.4 Å². The van der Waals surface area contributed by atoms with Crippen LogP contribution in [0.2, 0.25) is 0 Å². The Balaban J connectivity index is 1.97. The SMILES string of the molecule is CCC(C)(C)C(=O)O[C@H]1C[C@@H](C)C=C2C=C[C@H](C)[C@H](CC[C@@H](O)C[C@@H](O)CC(=O)N[C@H](CCCCN)C(=O)O)C21. The van der Waals surface area contributed by atoms with Crippen molar-refractivity contribution in [2.45, 2.75) is 117 Å². The Bertz CT molecular complexity index is 915. The first-order valence-electron chi connectivity index (χ1n) is 15.0. The summed E-state index contributed by atoms with van der Waals surface area (Å²) in [4.78, 5) is 36.8. The van der Waals surface area contributed by atoms with Crippen molar-refractivity contribution in [2.24, 2.45) is 34.8 Å². The van der Waals surface area contributed by atoms with Gasteiger partial charge < -0.3 is 31.1 Å². The molecule has 2 aliphatic rings. The number of esters is 1. The van der Waals surface area contributed by atoms with Crippen molar-refractivity contribution in [3.05, 3.63) is 23.8 Å². The Morgan fingerprint density at radius 3 is 2.48 bits per heavy atom. The first-order valence-corrected chi connectivity index (χ1v) is 15.0. The van der Waals surface area contributed by atoms with Crippen LogP contribution in [0.1, 0.15) is 92.4 Å². The predicted octanol–water partition coefficient (Wildman–Crippen LogP) is 3.72. The summed E-state index contributed by atoms with van der Waals surface area (Å²) in [5.74, 6) is -1.14. The number of aliphatic carboxylic acids is 1. The highest BCUT2D eigenvalue weighted by Gasteiger charge is 2.42. The maximum absolute atomic E-state index is 13.0. The molecule has 0 heterocycles. The molecular formula is C31H52N2O7. The van der Waals surface area contributed by atoms with Gasteiger partial charge in [0.1, 0.15) is 12.1 Å². The second-order valence-corrected chi connectivity index (χ2v) is 12.5. The van der Waals surface area contributed by atoms with Crippen LogP contribution in [-0.4, -0.2) is 64.1 Å². The molecule has 9 heteroatoms. The third-order valence-electron chi connectivity index (χ3n) is 8.67. The lowest BCUT2D eigenvalue weighted by atomic mass is 9.65. The summed E-state index contributed by atoms with van der Waals surface area (Å²) >= 11 is 0. The maximum Gasteiger partial charge on any atom is 0.326 e. The van der Waals surface area contributed by atoms with Crippen LogP contribution in [0.15, 0.2) is 23.8 Å². The molecule has 0 bridgehead atoms. The lowest BCUT2D eigenvalue weighted by molar-refractivity contribution is -0.164. The summed E-state index contributed by atoms with van der Waals surface area (Å²) in [6.07, 6.45) is 8.25. The first-order chi connectivity index (χ1) is 18.8. The van der Waals surface area contributed by atoms with E-state index in [1.54, 1.807) is 0 Å². The van der Waals surface area contributed by atoms with Gasteiger partial charge in [-0.3, -0.25) is 9.59 Å². The number of carbonyl (C=O) groups excluding carboxylic acids is 2. The summed E-state index contributed by atoms with van der Waals surface area (Å²) in [6.45, 7) is 10.5. The van der Waals surface area contributed by atoms with Gasteiger partial charge in [-0.15, -0.1) is 0 Å². The molecule has 0 spiro atoms. The summed E-state index contributed by atoms with van der Waals surface area (Å²) in [5, 5.41) is 33.0. The first kappa shape index (κ1) is 34.0. The molecule has 0 radical (unpaired) electrons. The highest BCUT2D eigenvalue weighted by molar-refractivity contribution is 5.83. The van der Waals surface area contributed by atoms with Crippen LogP contribution in [-0.2, 0) is 19.1 Å². The third-order valence-corrected chi connectivity index (χ3v) is 8.67. The number of ether oxygens (including phenoxy) is 1. The van der Waals surface area contributed by atoms with Gasteiger partial charge in [0, 0.05) is 5.92 Å². The zero-order chi connectivity index (χ0) is 30.0. The Labute approximate surface area is 239 Å². The van der Waals surface area contributed by atoms with E-state index in [0.717, 1.165) is 6.42 Å². The maximum atomic E-state index is 13.0. The van der Waals surface area contributed by atoms with E-state index in [4.69, 9.17) is 10.5 Å². The van der Waals surface area contributed by atoms with Crippen LogP contribution in [0.3, 0.4) is 0 Å². The van der Waals surface area contributed by atoms with Crippen LogP contribution in [0.4, 0.5) is 0 Å². The molecule has 0 saturated heterocycles. The number of unbranched alkanes of at least 4 members (excludes halogenated alkanes) is 1. The van der Waals surface area contributed by atoms with E-state index in [1.165, 1.54) is 5.57 Å². The van der Waals surface area contributed by atoms with Crippen molar-refractivity contribution >= 4 is 17.8 Å². The van der Waals surface area contributed by atoms with Crippen molar-refractivity contribution in [1.29, 1.82) is 0 Å². The number of nitrogens with two attached hydrogens (primary N) is 1. The van der Waals surface area contributed by atoms with Crippen LogP contribution in [0.5, 0.6) is 0 Å². The van der Waals surface area contributed by atoms with Crippen molar-refractivity contribution in [2.75, 3.05) is 6.54 Å². The van der Waals surface area contributed by atoms with Gasteiger partial charge in [-0.2, -0.15) is 0 Å². The number of nitrogens with one attached hydrogen (secondary N) is 1. The molecule has 6 N–H and O–H groups in total. The molecule has 228 valence electrons. The van der Waals surface area contributed by atoms with E-state index in [0.29, 0.717) is 44.6 Å². The number of carbonyl (C=O) groups is 3. The van der Waals surface area contributed by atoms with Gasteiger partial charge in [0.2, 0.25) is 5.91 Å². The number of amides is 1. The molecule has 0 aromatic carbocycles. The fourth-order valence-electron chi connectivity index (χ4n) is 5.78. The molecule has 0 aromatic heterocycles. The van der Waals surface area contributed by atoms with Crippen molar-refractivity contribution in [3.63, 3.8) is 0 Å². The Kier molecular flexibility index (Phi) is 13.3. The molecular weight excluding hydrogens is 512 g/mol. The fourth-order valence-corrected chi connectivity index (χ4v) is 5.78. The number of rotatable bonds is 16. The fraction of sp³-hybridized carbons (Fsp3) is 0.774. The molecule has 8 atom stereocenters. The van der Waals surface area contributed by atoms with Gasteiger partial charge in [-0.05, 0) is 95.1 Å². The largest absolute Gasteiger partial charge is 0.480 e. The standard InChI is InChI=1S/C31H52N2O7/c1-6-31(4,5)30(39)40-26-16-19(2)15-21-11-10-20(3)24(28(21)26)13-12-22(34)17-23(35)18-27(36)33-25(29(37)38)9-7-8-14-32/h10-11,15,19-20,22-26,28,34-35H,6-9,12-14,16-18,32H2,1-5H3,(H,33,36)(H,37,38)/t19-,20-,22+,23+,24-,25+,26-,28?/m0/s1. The summed E-state index contributed by atoms with van der Waals surface area (Å²) in [5.41, 5.74) is 6.08. The average molecular weight is 565 g/mol. The topological polar surface area (TPSA) is 159 Å². The van der Waals surface area contributed by atoms with E-state index in [-0.39, 0.29) is 49.1 Å².